The van der Waals surface area contributed by atoms with Crippen LogP contribution in [0.5, 0.6) is 0 Å². The summed E-state index contributed by atoms with van der Waals surface area (Å²) >= 11 is 1.64. The zero-order valence-corrected chi connectivity index (χ0v) is 19.2. The van der Waals surface area contributed by atoms with Gasteiger partial charge in [0.2, 0.25) is 5.91 Å². The minimum atomic E-state index is -0.442. The Morgan fingerprint density at radius 3 is 2.61 bits per heavy atom. The Morgan fingerprint density at radius 1 is 1.13 bits per heavy atom. The number of amides is 1. The van der Waals surface area contributed by atoms with Crippen LogP contribution in [0.4, 0.5) is 5.82 Å². The lowest BCUT2D eigenvalue weighted by atomic mass is 10.2. The fourth-order valence-electron chi connectivity index (χ4n) is 3.64. The number of carbonyl (C=O) groups is 1. The van der Waals surface area contributed by atoms with Gasteiger partial charge in [-0.3, -0.25) is 4.79 Å². The van der Waals surface area contributed by atoms with Crippen molar-refractivity contribution in [2.24, 2.45) is 0 Å². The average Bonchev–Trinajstić information content (AvgIpc) is 3.22. The number of aryl methyl sites for hydroxylation is 3. The zero-order chi connectivity index (χ0) is 22.1. The second-order valence-electron chi connectivity index (χ2n) is 7.67. The number of aromatic nitrogens is 4. The van der Waals surface area contributed by atoms with Crippen molar-refractivity contribution in [1.82, 2.24) is 25.1 Å². The van der Waals surface area contributed by atoms with Crippen LogP contribution in [0.3, 0.4) is 0 Å². The first-order valence-electron chi connectivity index (χ1n) is 10.2. The fraction of sp³-hybridized carbons (Fsp3) is 0.304. The number of nitrogens with zero attached hydrogens (tertiary/aromatic N) is 4. The summed E-state index contributed by atoms with van der Waals surface area (Å²) in [5.74, 6) is 0.599. The Balaban J connectivity index is 1.47. The molecule has 160 valence electrons. The van der Waals surface area contributed by atoms with Crippen LogP contribution in [-0.2, 0) is 11.3 Å². The molecule has 4 aromatic rings. The summed E-state index contributed by atoms with van der Waals surface area (Å²) in [5, 5.41) is 11.9. The largest absolute Gasteiger partial charge is 0.358 e. The number of benzene rings is 1. The molecule has 31 heavy (non-hydrogen) atoms. The normalized spacial score (nSPS) is 12.2. The highest BCUT2D eigenvalue weighted by Gasteiger charge is 2.19. The van der Waals surface area contributed by atoms with Gasteiger partial charge in [0.15, 0.2) is 0 Å². The molecule has 0 radical (unpaired) electrons. The van der Waals surface area contributed by atoms with E-state index in [2.05, 4.69) is 39.5 Å². The van der Waals surface area contributed by atoms with Gasteiger partial charge in [0.25, 0.3) is 0 Å². The first kappa shape index (κ1) is 21.0. The summed E-state index contributed by atoms with van der Waals surface area (Å²) in [6, 6.07) is 9.55. The summed E-state index contributed by atoms with van der Waals surface area (Å²) in [5.41, 5.74) is 5.11. The first-order valence-corrected chi connectivity index (χ1v) is 11.0. The highest BCUT2D eigenvalue weighted by molar-refractivity contribution is 7.18. The van der Waals surface area contributed by atoms with Crippen LogP contribution in [0.1, 0.15) is 34.3 Å². The van der Waals surface area contributed by atoms with Gasteiger partial charge < -0.3 is 10.6 Å². The molecule has 8 heteroatoms. The molecule has 0 spiro atoms. The first-order chi connectivity index (χ1) is 14.9. The van der Waals surface area contributed by atoms with Gasteiger partial charge in [0, 0.05) is 22.7 Å². The molecule has 2 N–H and O–H groups in total. The Bertz CT molecular complexity index is 1240. The molecule has 0 saturated carbocycles. The van der Waals surface area contributed by atoms with Crippen LogP contribution in [0.15, 0.2) is 36.7 Å². The van der Waals surface area contributed by atoms with E-state index in [9.17, 15) is 4.79 Å². The van der Waals surface area contributed by atoms with Crippen molar-refractivity contribution >= 4 is 33.3 Å². The lowest BCUT2D eigenvalue weighted by Crippen LogP contribution is -2.37. The van der Waals surface area contributed by atoms with E-state index in [1.54, 1.807) is 11.3 Å². The molecule has 7 nitrogen and oxygen atoms in total. The van der Waals surface area contributed by atoms with Gasteiger partial charge in [-0.2, -0.15) is 5.10 Å². The smallest absolute Gasteiger partial charge is 0.242 e. The molecule has 0 aliphatic rings. The van der Waals surface area contributed by atoms with Crippen molar-refractivity contribution in [2.75, 3.05) is 5.32 Å². The number of para-hydroxylation sites is 1. The summed E-state index contributed by atoms with van der Waals surface area (Å²) in [6.45, 7) is 10.4. The summed E-state index contributed by atoms with van der Waals surface area (Å²) in [6.07, 6.45) is 1.54. The third-order valence-electron chi connectivity index (χ3n) is 5.59. The molecule has 0 aliphatic carbocycles. The molecule has 0 fully saturated rings. The molecule has 3 aromatic heterocycles. The topological polar surface area (TPSA) is 84.7 Å². The molecular weight excluding hydrogens is 408 g/mol. The van der Waals surface area contributed by atoms with Gasteiger partial charge in [-0.15, -0.1) is 11.3 Å². The van der Waals surface area contributed by atoms with E-state index in [1.165, 1.54) is 11.2 Å². The van der Waals surface area contributed by atoms with Gasteiger partial charge in [-0.05, 0) is 52.3 Å². The van der Waals surface area contributed by atoms with Crippen molar-refractivity contribution in [3.63, 3.8) is 0 Å². The van der Waals surface area contributed by atoms with E-state index in [1.807, 2.05) is 55.8 Å². The van der Waals surface area contributed by atoms with Crippen molar-refractivity contribution < 1.29 is 4.79 Å². The van der Waals surface area contributed by atoms with E-state index in [0.717, 1.165) is 38.4 Å². The van der Waals surface area contributed by atoms with Crippen molar-refractivity contribution in [3.05, 3.63) is 64.1 Å². The van der Waals surface area contributed by atoms with Gasteiger partial charge in [0.05, 0.1) is 16.8 Å². The quantitative estimate of drug-likeness (QED) is 0.474. The van der Waals surface area contributed by atoms with Crippen molar-refractivity contribution in [3.8, 4) is 5.69 Å². The highest BCUT2D eigenvalue weighted by atomic mass is 32.1. The molecule has 3 heterocycles. The third kappa shape index (κ3) is 4.03. The summed E-state index contributed by atoms with van der Waals surface area (Å²) < 4.78 is 1.91. The number of hydrogen-bond acceptors (Lipinski definition) is 6. The maximum absolute atomic E-state index is 12.8. The van der Waals surface area contributed by atoms with E-state index in [4.69, 9.17) is 0 Å². The highest BCUT2D eigenvalue weighted by Crippen LogP contribution is 2.32. The van der Waals surface area contributed by atoms with E-state index in [-0.39, 0.29) is 5.91 Å². The van der Waals surface area contributed by atoms with Crippen LogP contribution in [-0.4, -0.2) is 31.7 Å². The molecule has 0 bridgehead atoms. The molecule has 4 rings (SSSR count). The Hall–Kier alpha value is -3.26. The number of thiophene rings is 1. The maximum Gasteiger partial charge on any atom is 0.242 e. The standard InChI is InChI=1S/C23H26N6OS/c1-13-17(5)31-23-20(13)21(25-12-26-23)27-15(3)22(30)24-11-19-14(2)28-29(16(19)4)18-9-7-6-8-10-18/h6-10,12,15H,11H2,1-5H3,(H,24,30)(H,25,26,27)/t15-/m0/s1. The molecule has 0 aliphatic heterocycles. The Morgan fingerprint density at radius 2 is 1.87 bits per heavy atom. The Kier molecular flexibility index (Phi) is 5.73. The van der Waals surface area contributed by atoms with Gasteiger partial charge in [0.1, 0.15) is 23.0 Å². The van der Waals surface area contributed by atoms with E-state index >= 15 is 0 Å². The number of hydrogen-bond donors (Lipinski definition) is 2. The van der Waals surface area contributed by atoms with Crippen LogP contribution >= 0.6 is 11.3 Å². The second-order valence-corrected chi connectivity index (χ2v) is 8.87. The molecular formula is C23H26N6OS. The molecule has 0 saturated heterocycles. The molecule has 1 amide bonds. The van der Waals surface area contributed by atoms with E-state index in [0.29, 0.717) is 12.4 Å². The fourth-order valence-corrected chi connectivity index (χ4v) is 4.64. The van der Waals surface area contributed by atoms with E-state index < -0.39 is 6.04 Å². The summed E-state index contributed by atoms with van der Waals surface area (Å²) in [7, 11) is 0. The Labute approximate surface area is 185 Å². The van der Waals surface area contributed by atoms with Gasteiger partial charge in [-0.1, -0.05) is 18.2 Å². The van der Waals surface area contributed by atoms with Crippen LogP contribution in [0.2, 0.25) is 0 Å². The van der Waals surface area contributed by atoms with Crippen molar-refractivity contribution in [2.45, 2.75) is 47.2 Å². The SMILES string of the molecule is Cc1nn(-c2ccccc2)c(C)c1CNC(=O)[C@H](C)Nc1ncnc2sc(C)c(C)c12. The lowest BCUT2D eigenvalue weighted by molar-refractivity contribution is -0.121. The monoisotopic (exact) mass is 434 g/mol. The maximum atomic E-state index is 12.8. The van der Waals surface area contributed by atoms with Crippen molar-refractivity contribution in [1.29, 1.82) is 0 Å². The lowest BCUT2D eigenvalue weighted by Gasteiger charge is -2.15. The number of rotatable bonds is 6. The molecule has 1 atom stereocenters. The average molecular weight is 435 g/mol. The van der Waals surface area contributed by atoms with Crippen LogP contribution in [0, 0.1) is 27.7 Å². The zero-order valence-electron chi connectivity index (χ0n) is 18.4. The number of nitrogens with one attached hydrogen (secondary N) is 2. The minimum Gasteiger partial charge on any atom is -0.358 e. The number of fused-ring (bicyclic) bond motifs is 1. The number of carbonyl (C=O) groups excluding carboxylic acids is 1. The molecule has 1 aromatic carbocycles. The minimum absolute atomic E-state index is 0.0948. The second kappa shape index (κ2) is 8.47. The van der Waals surface area contributed by atoms with Gasteiger partial charge in [-0.25, -0.2) is 14.6 Å². The van der Waals surface area contributed by atoms with Crippen LogP contribution < -0.4 is 10.6 Å². The predicted molar refractivity (Wildman–Crippen MR) is 125 cm³/mol. The number of anilines is 1. The third-order valence-corrected chi connectivity index (χ3v) is 6.71. The van der Waals surface area contributed by atoms with Crippen LogP contribution in [0.25, 0.3) is 15.9 Å². The molecule has 0 unspecified atom stereocenters. The van der Waals surface area contributed by atoms with Gasteiger partial charge >= 0.3 is 0 Å². The summed E-state index contributed by atoms with van der Waals surface area (Å²) in [4.78, 5) is 23.7. The predicted octanol–water partition coefficient (Wildman–Crippen LogP) is 4.23.